The molecule has 2 aliphatic heterocycles. The Hall–Kier alpha value is -4.51. The summed E-state index contributed by atoms with van der Waals surface area (Å²) in [5.74, 6) is 0.0425. The number of rotatable bonds is 6. The van der Waals surface area contributed by atoms with Gasteiger partial charge in [-0.3, -0.25) is 4.79 Å². The largest absolute Gasteiger partial charge is 0.355 e. The molecule has 38 heavy (non-hydrogen) atoms. The van der Waals surface area contributed by atoms with Crippen LogP contribution in [0.15, 0.2) is 66.7 Å². The first-order valence-electron chi connectivity index (χ1n) is 13.3. The molecule has 0 spiro atoms. The third-order valence-corrected chi connectivity index (χ3v) is 6.91. The molecule has 2 N–H and O–H groups in total. The van der Waals surface area contributed by atoms with Crippen molar-refractivity contribution >= 4 is 51.7 Å². The maximum Gasteiger partial charge on any atom is 0.195 e. The molecule has 5 nitrogen and oxygen atoms in total. The molecule has 3 aromatic heterocycles. The molecule has 188 valence electrons. The number of benzene rings is 1. The SMILES string of the molecule is CCCc1cccc(CCC)c1C(=O)C1=Cc2cc3ccc(cc4nc(cc5ccc(cc1n2)[nH]5)C=C4)[nH]3. The predicted molar refractivity (Wildman–Crippen MR) is 157 cm³/mol. The summed E-state index contributed by atoms with van der Waals surface area (Å²) < 4.78 is 0. The second-order valence-corrected chi connectivity index (χ2v) is 9.87. The Kier molecular flexibility index (Phi) is 6.34. The number of hydrogen-bond donors (Lipinski definition) is 2. The fraction of sp³-hybridized carbons (Fsp3) is 0.182. The minimum absolute atomic E-state index is 0.0425. The molecule has 8 bridgehead atoms. The summed E-state index contributed by atoms with van der Waals surface area (Å²) in [5, 5.41) is 0. The van der Waals surface area contributed by atoms with Crippen molar-refractivity contribution in [1.29, 1.82) is 0 Å². The lowest BCUT2D eigenvalue weighted by atomic mass is 9.89. The van der Waals surface area contributed by atoms with Crippen LogP contribution in [-0.4, -0.2) is 25.7 Å². The molecule has 0 saturated heterocycles. The number of aromatic nitrogens is 4. The van der Waals surface area contributed by atoms with Crippen LogP contribution in [0.3, 0.4) is 0 Å². The van der Waals surface area contributed by atoms with E-state index in [4.69, 9.17) is 9.97 Å². The molecule has 0 unspecified atom stereocenters. The summed E-state index contributed by atoms with van der Waals surface area (Å²) in [5.41, 5.74) is 10.6. The van der Waals surface area contributed by atoms with E-state index in [0.29, 0.717) is 11.3 Å². The van der Waals surface area contributed by atoms with E-state index in [9.17, 15) is 4.79 Å². The number of nitrogens with one attached hydrogen (secondary N) is 2. The number of carbonyl (C=O) groups excluding carboxylic acids is 1. The van der Waals surface area contributed by atoms with Gasteiger partial charge in [-0.1, -0.05) is 44.9 Å². The normalized spacial score (nSPS) is 12.5. The fourth-order valence-corrected chi connectivity index (χ4v) is 5.23. The van der Waals surface area contributed by atoms with Crippen LogP contribution in [0.1, 0.15) is 70.9 Å². The molecule has 5 heteroatoms. The van der Waals surface area contributed by atoms with Crippen LogP contribution in [0.2, 0.25) is 0 Å². The van der Waals surface area contributed by atoms with Crippen LogP contribution in [0.25, 0.3) is 45.9 Å². The van der Waals surface area contributed by atoms with Gasteiger partial charge in [0.2, 0.25) is 0 Å². The first kappa shape index (κ1) is 23.9. The maximum atomic E-state index is 14.2. The van der Waals surface area contributed by atoms with Crippen molar-refractivity contribution in [2.24, 2.45) is 0 Å². The minimum Gasteiger partial charge on any atom is -0.355 e. The molecular formula is C33H30N4O. The summed E-state index contributed by atoms with van der Waals surface area (Å²) in [6.45, 7) is 4.31. The van der Waals surface area contributed by atoms with Gasteiger partial charge in [-0.15, -0.1) is 0 Å². The number of allylic oxidation sites excluding steroid dienone is 1. The van der Waals surface area contributed by atoms with Gasteiger partial charge in [0.25, 0.3) is 0 Å². The van der Waals surface area contributed by atoms with Crippen molar-refractivity contribution in [3.63, 3.8) is 0 Å². The molecule has 4 aromatic rings. The van der Waals surface area contributed by atoms with Crippen LogP contribution in [0.4, 0.5) is 0 Å². The lowest BCUT2D eigenvalue weighted by Gasteiger charge is -2.14. The average Bonchev–Trinajstić information content (AvgIpc) is 3.70. The van der Waals surface area contributed by atoms with E-state index in [2.05, 4.69) is 42.0 Å². The molecule has 0 amide bonds. The quantitative estimate of drug-likeness (QED) is 0.234. The topological polar surface area (TPSA) is 74.4 Å². The summed E-state index contributed by atoms with van der Waals surface area (Å²) in [6, 6.07) is 22.3. The molecular weight excluding hydrogens is 468 g/mol. The molecule has 6 rings (SSSR count). The minimum atomic E-state index is 0.0425. The van der Waals surface area contributed by atoms with Crippen molar-refractivity contribution in [1.82, 2.24) is 19.9 Å². The number of aryl methyl sites for hydroxylation is 2. The van der Waals surface area contributed by atoms with Crippen LogP contribution < -0.4 is 0 Å². The number of ketones is 1. The van der Waals surface area contributed by atoms with Crippen molar-refractivity contribution in [2.45, 2.75) is 39.5 Å². The third kappa shape index (κ3) is 4.75. The Bertz CT molecular complexity index is 1740. The van der Waals surface area contributed by atoms with Gasteiger partial charge in [0.15, 0.2) is 5.78 Å². The maximum absolute atomic E-state index is 14.2. The molecule has 1 aromatic carbocycles. The Morgan fingerprint density at radius 1 is 0.684 bits per heavy atom. The van der Waals surface area contributed by atoms with Gasteiger partial charge in [0.1, 0.15) is 0 Å². The van der Waals surface area contributed by atoms with Gasteiger partial charge in [0, 0.05) is 27.6 Å². The standard InChI is InChI=1S/C33H30N4O/c1-3-6-21-8-5-9-22(7-4-2)32(21)33(38)30-19-29-18-27-13-12-25(35-27)16-23-10-11-24(34-23)17-26-14-15-28(36-26)20-31(30)37-29/h5,8-20,35-36H,3-4,6-7H2,1-2H3. The van der Waals surface area contributed by atoms with Crippen LogP contribution in [0.5, 0.6) is 0 Å². The molecule has 0 fully saturated rings. The van der Waals surface area contributed by atoms with Crippen LogP contribution in [-0.2, 0) is 12.8 Å². The zero-order chi connectivity index (χ0) is 26.1. The zero-order valence-electron chi connectivity index (χ0n) is 21.7. The Morgan fingerprint density at radius 2 is 1.21 bits per heavy atom. The number of H-pyrrole nitrogens is 2. The van der Waals surface area contributed by atoms with Crippen molar-refractivity contribution in [2.75, 3.05) is 0 Å². The van der Waals surface area contributed by atoms with E-state index >= 15 is 0 Å². The number of hydrogen-bond acceptors (Lipinski definition) is 3. The highest BCUT2D eigenvalue weighted by Gasteiger charge is 2.24. The molecule has 0 saturated carbocycles. The number of fused-ring (bicyclic) bond motifs is 8. The highest BCUT2D eigenvalue weighted by atomic mass is 16.1. The number of aromatic amines is 2. The van der Waals surface area contributed by atoms with Crippen molar-refractivity contribution in [3.8, 4) is 0 Å². The van der Waals surface area contributed by atoms with Gasteiger partial charge in [0.05, 0.1) is 28.3 Å². The predicted octanol–water partition coefficient (Wildman–Crippen LogP) is 7.81. The van der Waals surface area contributed by atoms with Gasteiger partial charge in [-0.05, 0) is 90.7 Å². The van der Waals surface area contributed by atoms with E-state index < -0.39 is 0 Å². The van der Waals surface area contributed by atoms with Crippen LogP contribution in [0, 0.1) is 0 Å². The number of Topliss-reactive ketones (excluding diaryl/α,β-unsaturated/α-hetero) is 1. The summed E-state index contributed by atoms with van der Waals surface area (Å²) >= 11 is 0. The lowest BCUT2D eigenvalue weighted by Crippen LogP contribution is -2.10. The fourth-order valence-electron chi connectivity index (χ4n) is 5.23. The number of carbonyl (C=O) groups is 1. The zero-order valence-corrected chi connectivity index (χ0v) is 21.7. The van der Waals surface area contributed by atoms with Gasteiger partial charge < -0.3 is 9.97 Å². The van der Waals surface area contributed by atoms with E-state index in [0.717, 1.165) is 81.5 Å². The number of nitrogens with zero attached hydrogens (tertiary/aromatic N) is 2. The summed E-state index contributed by atoms with van der Waals surface area (Å²) in [7, 11) is 0. The van der Waals surface area contributed by atoms with Gasteiger partial charge in [-0.25, -0.2) is 9.97 Å². The second-order valence-electron chi connectivity index (χ2n) is 9.87. The average molecular weight is 499 g/mol. The Morgan fingerprint density at radius 3 is 1.76 bits per heavy atom. The van der Waals surface area contributed by atoms with Crippen molar-refractivity contribution < 1.29 is 4.79 Å². The van der Waals surface area contributed by atoms with E-state index in [1.165, 1.54) is 0 Å². The first-order valence-corrected chi connectivity index (χ1v) is 13.3. The molecule has 0 atom stereocenters. The Labute approximate surface area is 222 Å². The second kappa shape index (κ2) is 10.1. The highest BCUT2D eigenvalue weighted by Crippen LogP contribution is 2.30. The first-order chi connectivity index (χ1) is 18.6. The lowest BCUT2D eigenvalue weighted by molar-refractivity contribution is 0.105. The molecule has 0 radical (unpaired) electrons. The monoisotopic (exact) mass is 498 g/mol. The van der Waals surface area contributed by atoms with E-state index in [-0.39, 0.29) is 5.78 Å². The molecule has 2 aliphatic rings. The molecule has 5 heterocycles. The summed E-state index contributed by atoms with van der Waals surface area (Å²) in [6.07, 6.45) is 9.67. The van der Waals surface area contributed by atoms with Crippen LogP contribution >= 0.6 is 0 Å². The third-order valence-electron chi connectivity index (χ3n) is 6.91. The van der Waals surface area contributed by atoms with Gasteiger partial charge in [-0.2, -0.15) is 0 Å². The highest BCUT2D eigenvalue weighted by molar-refractivity contribution is 6.33. The van der Waals surface area contributed by atoms with E-state index in [1.807, 2.05) is 66.8 Å². The summed E-state index contributed by atoms with van der Waals surface area (Å²) in [4.78, 5) is 30.7. The smallest absolute Gasteiger partial charge is 0.195 e. The molecule has 0 aliphatic carbocycles. The van der Waals surface area contributed by atoms with E-state index in [1.54, 1.807) is 0 Å². The van der Waals surface area contributed by atoms with Crippen molar-refractivity contribution in [3.05, 3.63) is 106 Å². The Balaban J connectivity index is 1.57. The van der Waals surface area contributed by atoms with Gasteiger partial charge >= 0.3 is 0 Å².